The minimum atomic E-state index is -0.701. The van der Waals surface area contributed by atoms with Gasteiger partial charge in [-0.25, -0.2) is 13.8 Å². The van der Waals surface area contributed by atoms with Crippen molar-refractivity contribution >= 4 is 5.91 Å². The molecule has 0 spiro atoms. The van der Waals surface area contributed by atoms with Crippen LogP contribution in [0.1, 0.15) is 12.0 Å². The molecule has 1 aliphatic heterocycles. The van der Waals surface area contributed by atoms with Crippen molar-refractivity contribution in [3.63, 3.8) is 0 Å². The molecule has 1 saturated heterocycles. The standard InChI is InChI=1S/C11H11F2NO2/c12-9-3-1-4-10(13)8(9)7-11(15)14-5-2-6-16-14/h1,3-4H,2,5-7H2. The second-order valence-corrected chi connectivity index (χ2v) is 3.56. The lowest BCUT2D eigenvalue weighted by Gasteiger charge is -2.14. The summed E-state index contributed by atoms with van der Waals surface area (Å²) >= 11 is 0. The molecule has 0 aliphatic carbocycles. The monoisotopic (exact) mass is 227 g/mol. The molecule has 86 valence electrons. The number of rotatable bonds is 2. The first-order valence-corrected chi connectivity index (χ1v) is 5.04. The largest absolute Gasteiger partial charge is 0.272 e. The third-order valence-corrected chi connectivity index (χ3v) is 2.42. The van der Waals surface area contributed by atoms with Crippen molar-refractivity contribution in [2.75, 3.05) is 13.2 Å². The molecule has 0 aromatic heterocycles. The molecule has 2 rings (SSSR count). The van der Waals surface area contributed by atoms with Crippen molar-refractivity contribution in [1.29, 1.82) is 0 Å². The van der Waals surface area contributed by atoms with E-state index in [0.29, 0.717) is 13.2 Å². The number of benzene rings is 1. The van der Waals surface area contributed by atoms with Crippen LogP contribution in [0.2, 0.25) is 0 Å². The van der Waals surface area contributed by atoms with Gasteiger partial charge in [0.2, 0.25) is 0 Å². The van der Waals surface area contributed by atoms with Gasteiger partial charge in [-0.2, -0.15) is 0 Å². The Bertz CT molecular complexity index is 383. The van der Waals surface area contributed by atoms with Crippen LogP contribution in [-0.2, 0) is 16.1 Å². The molecule has 0 bridgehead atoms. The number of carbonyl (C=O) groups is 1. The highest BCUT2D eigenvalue weighted by Crippen LogP contribution is 2.15. The zero-order chi connectivity index (χ0) is 11.5. The van der Waals surface area contributed by atoms with Crippen LogP contribution in [-0.4, -0.2) is 24.1 Å². The molecule has 5 heteroatoms. The summed E-state index contributed by atoms with van der Waals surface area (Å²) in [4.78, 5) is 16.6. The maximum absolute atomic E-state index is 13.2. The van der Waals surface area contributed by atoms with E-state index in [1.807, 2.05) is 0 Å². The van der Waals surface area contributed by atoms with E-state index in [9.17, 15) is 13.6 Å². The Morgan fingerprint density at radius 3 is 2.62 bits per heavy atom. The number of hydrogen-bond acceptors (Lipinski definition) is 2. The number of hydrogen-bond donors (Lipinski definition) is 0. The highest BCUT2D eigenvalue weighted by atomic mass is 19.1. The third kappa shape index (κ3) is 2.19. The maximum atomic E-state index is 13.2. The van der Waals surface area contributed by atoms with Crippen LogP contribution < -0.4 is 0 Å². The molecule has 1 fully saturated rings. The summed E-state index contributed by atoms with van der Waals surface area (Å²) < 4.78 is 26.5. The molecule has 16 heavy (non-hydrogen) atoms. The van der Waals surface area contributed by atoms with Gasteiger partial charge in [0.15, 0.2) is 0 Å². The predicted molar refractivity (Wildman–Crippen MR) is 52.3 cm³/mol. The smallest absolute Gasteiger partial charge is 0.250 e. The van der Waals surface area contributed by atoms with Crippen LogP contribution in [0.3, 0.4) is 0 Å². The second-order valence-electron chi connectivity index (χ2n) is 3.56. The Hall–Kier alpha value is -1.49. The van der Waals surface area contributed by atoms with Gasteiger partial charge in [-0.05, 0) is 18.6 Å². The van der Waals surface area contributed by atoms with Gasteiger partial charge in [-0.1, -0.05) is 6.07 Å². The van der Waals surface area contributed by atoms with E-state index in [-0.39, 0.29) is 12.0 Å². The summed E-state index contributed by atoms with van der Waals surface area (Å²) in [7, 11) is 0. The van der Waals surface area contributed by atoms with Crippen LogP contribution in [0.15, 0.2) is 18.2 Å². The summed E-state index contributed by atoms with van der Waals surface area (Å²) in [5, 5.41) is 1.16. The van der Waals surface area contributed by atoms with Gasteiger partial charge in [0.25, 0.3) is 5.91 Å². The predicted octanol–water partition coefficient (Wildman–Crippen LogP) is 1.67. The topological polar surface area (TPSA) is 29.5 Å². The summed E-state index contributed by atoms with van der Waals surface area (Å²) in [6.45, 7) is 0.959. The molecule has 1 heterocycles. The minimum Gasteiger partial charge on any atom is -0.272 e. The van der Waals surface area contributed by atoms with E-state index in [1.165, 1.54) is 6.07 Å². The van der Waals surface area contributed by atoms with Crippen LogP contribution >= 0.6 is 0 Å². The molecule has 0 atom stereocenters. The summed E-state index contributed by atoms with van der Waals surface area (Å²) in [6, 6.07) is 3.54. The number of halogens is 2. The number of hydroxylamine groups is 2. The number of carbonyl (C=O) groups excluding carboxylic acids is 1. The maximum Gasteiger partial charge on any atom is 0.250 e. The quantitative estimate of drug-likeness (QED) is 0.769. The Morgan fingerprint density at radius 2 is 2.06 bits per heavy atom. The lowest BCUT2D eigenvalue weighted by Crippen LogP contribution is -2.28. The Labute approximate surface area is 91.6 Å². The molecular weight excluding hydrogens is 216 g/mol. The first kappa shape index (κ1) is 11.0. The molecule has 0 N–H and O–H groups in total. The SMILES string of the molecule is O=C(Cc1c(F)cccc1F)N1CCCO1. The van der Waals surface area contributed by atoms with E-state index in [1.54, 1.807) is 0 Å². The fraction of sp³-hybridized carbons (Fsp3) is 0.364. The Kier molecular flexibility index (Phi) is 3.14. The van der Waals surface area contributed by atoms with Gasteiger partial charge in [0.1, 0.15) is 11.6 Å². The van der Waals surface area contributed by atoms with Crippen molar-refractivity contribution in [3.05, 3.63) is 35.4 Å². The first-order valence-electron chi connectivity index (χ1n) is 5.04. The molecule has 1 aromatic carbocycles. The molecule has 1 aromatic rings. The zero-order valence-electron chi connectivity index (χ0n) is 8.58. The zero-order valence-corrected chi connectivity index (χ0v) is 8.58. The molecule has 0 saturated carbocycles. The van der Waals surface area contributed by atoms with Crippen molar-refractivity contribution in [2.45, 2.75) is 12.8 Å². The van der Waals surface area contributed by atoms with Crippen LogP contribution in [0.5, 0.6) is 0 Å². The summed E-state index contributed by atoms with van der Waals surface area (Å²) in [5.74, 6) is -1.82. The molecule has 1 amide bonds. The first-order chi connectivity index (χ1) is 7.68. The van der Waals surface area contributed by atoms with Crippen molar-refractivity contribution in [1.82, 2.24) is 5.06 Å². The molecular formula is C11H11F2NO2. The fourth-order valence-corrected chi connectivity index (χ4v) is 1.58. The van der Waals surface area contributed by atoms with E-state index < -0.39 is 17.5 Å². The fourth-order valence-electron chi connectivity index (χ4n) is 1.58. The van der Waals surface area contributed by atoms with Crippen molar-refractivity contribution in [3.8, 4) is 0 Å². The van der Waals surface area contributed by atoms with Crippen LogP contribution in [0.4, 0.5) is 8.78 Å². The Morgan fingerprint density at radius 1 is 1.38 bits per heavy atom. The molecule has 1 aliphatic rings. The Balaban J connectivity index is 2.11. The van der Waals surface area contributed by atoms with Gasteiger partial charge in [-0.3, -0.25) is 9.63 Å². The average Bonchev–Trinajstić information content (AvgIpc) is 2.76. The number of amides is 1. The van der Waals surface area contributed by atoms with E-state index in [0.717, 1.165) is 23.6 Å². The van der Waals surface area contributed by atoms with Gasteiger partial charge in [0.05, 0.1) is 19.6 Å². The second kappa shape index (κ2) is 4.57. The normalized spacial score (nSPS) is 15.5. The molecule has 3 nitrogen and oxygen atoms in total. The van der Waals surface area contributed by atoms with Gasteiger partial charge in [0, 0.05) is 5.56 Å². The summed E-state index contributed by atoms with van der Waals surface area (Å²) in [5.41, 5.74) is -0.206. The average molecular weight is 227 g/mol. The molecule has 0 radical (unpaired) electrons. The van der Waals surface area contributed by atoms with Crippen molar-refractivity contribution in [2.24, 2.45) is 0 Å². The van der Waals surface area contributed by atoms with Gasteiger partial charge in [-0.15, -0.1) is 0 Å². The summed E-state index contributed by atoms with van der Waals surface area (Å²) in [6.07, 6.45) is 0.448. The number of nitrogens with zero attached hydrogens (tertiary/aromatic N) is 1. The highest BCUT2D eigenvalue weighted by Gasteiger charge is 2.22. The van der Waals surface area contributed by atoms with Crippen LogP contribution in [0.25, 0.3) is 0 Å². The third-order valence-electron chi connectivity index (χ3n) is 2.42. The van der Waals surface area contributed by atoms with E-state index in [4.69, 9.17) is 4.84 Å². The minimum absolute atomic E-state index is 0.206. The van der Waals surface area contributed by atoms with Crippen LogP contribution in [0, 0.1) is 11.6 Å². The molecule has 0 unspecified atom stereocenters. The lowest BCUT2D eigenvalue weighted by atomic mass is 10.1. The van der Waals surface area contributed by atoms with E-state index in [2.05, 4.69) is 0 Å². The lowest BCUT2D eigenvalue weighted by molar-refractivity contribution is -0.168. The van der Waals surface area contributed by atoms with Gasteiger partial charge >= 0.3 is 0 Å². The highest BCUT2D eigenvalue weighted by molar-refractivity contribution is 5.78. The van der Waals surface area contributed by atoms with Gasteiger partial charge < -0.3 is 0 Å². The van der Waals surface area contributed by atoms with Crippen molar-refractivity contribution < 1.29 is 18.4 Å². The van der Waals surface area contributed by atoms with E-state index >= 15 is 0 Å².